The number of hydrogen-bond donors (Lipinski definition) is 0. The molecule has 0 bridgehead atoms. The molecule has 0 nitrogen and oxygen atoms in total. The van der Waals surface area contributed by atoms with Crippen LogP contribution in [0.15, 0.2) is 0 Å². The third-order valence-electron chi connectivity index (χ3n) is 8.94. The second-order valence-electron chi connectivity index (χ2n) is 13.5. The Labute approximate surface area is 359 Å². The first-order valence-electron chi connectivity index (χ1n) is 15.1. The first-order valence-corrected chi connectivity index (χ1v) is 15.1. The minimum absolute atomic E-state index is 6.70. The standard InChI is InChI=1S/C24HF49/c25-1(26)2(27,28)3(29,30)4(31,32)5(33,34)6(35,36)7(37,38)8(39,40)9(41,42)10(43,44)11(45,46)12(47,48)13(49,50)14(51,52)15(53,54)16(55,56)17(57,58)18(59,60)19(61,62)20(63,64)21(65,66)22(67,68)23(69,70)24(71,72)73/h1H. The van der Waals surface area contributed by atoms with Gasteiger partial charge in [-0.3, -0.25) is 0 Å². The van der Waals surface area contributed by atoms with Gasteiger partial charge in [-0.15, -0.1) is 0 Å². The van der Waals surface area contributed by atoms with Crippen molar-refractivity contribution in [2.75, 3.05) is 0 Å². The minimum Gasteiger partial charge on any atom is -0.203 e. The van der Waals surface area contributed by atoms with Crippen molar-refractivity contribution in [2.45, 2.75) is 143 Å². The maximum absolute atomic E-state index is 14.1. The molecular formula is C24HF49. The molecule has 73 heavy (non-hydrogen) atoms. The van der Waals surface area contributed by atoms with Gasteiger partial charge in [0.1, 0.15) is 0 Å². The highest BCUT2D eigenvalue weighted by atomic mass is 19.4. The fourth-order valence-electron chi connectivity index (χ4n) is 4.27. The fourth-order valence-corrected chi connectivity index (χ4v) is 4.27. The summed E-state index contributed by atoms with van der Waals surface area (Å²) in [6.07, 6.45) is -15.3. The summed E-state index contributed by atoms with van der Waals surface area (Å²) in [5, 5.41) is 0. The summed E-state index contributed by atoms with van der Waals surface area (Å²) in [7, 11) is 0. The normalized spacial score (nSPS) is 17.5. The zero-order chi connectivity index (χ0) is 61.1. The van der Waals surface area contributed by atoms with E-state index in [4.69, 9.17) is 0 Å². The molecule has 0 fully saturated rings. The van der Waals surface area contributed by atoms with Crippen molar-refractivity contribution in [1.82, 2.24) is 0 Å². The molecule has 440 valence electrons. The monoisotopic (exact) mass is 1220 g/mol. The molecule has 0 N–H and O–H groups in total. The molecule has 49 heteroatoms. The molecule has 0 saturated heterocycles. The Hall–Kier alpha value is -3.43. The first-order chi connectivity index (χ1) is 30.4. The molecule has 0 aliphatic rings. The van der Waals surface area contributed by atoms with Crippen LogP contribution in [0.4, 0.5) is 215 Å². The highest BCUT2D eigenvalue weighted by Crippen LogP contribution is 2.72. The van der Waals surface area contributed by atoms with Crippen LogP contribution in [-0.4, -0.2) is 143 Å². The largest absolute Gasteiger partial charge is 0.460 e. The van der Waals surface area contributed by atoms with Crippen LogP contribution in [0.5, 0.6) is 0 Å². The predicted octanol–water partition coefficient (Wildman–Crippen LogP) is 15.8. The van der Waals surface area contributed by atoms with Gasteiger partial charge < -0.3 is 0 Å². The van der Waals surface area contributed by atoms with Crippen LogP contribution in [-0.2, 0) is 0 Å². The van der Waals surface area contributed by atoms with Gasteiger partial charge >= 0.3 is 143 Å². The van der Waals surface area contributed by atoms with E-state index in [9.17, 15) is 215 Å². The van der Waals surface area contributed by atoms with Gasteiger partial charge in [0, 0.05) is 0 Å². The molecule has 0 atom stereocenters. The molecule has 0 amide bonds. The Morgan fingerprint density at radius 3 is 0.288 bits per heavy atom. The number of rotatable bonds is 22. The minimum atomic E-state index is -10.9. The molecule has 0 aromatic carbocycles. The lowest BCUT2D eigenvalue weighted by Crippen LogP contribution is -2.81. The predicted molar refractivity (Wildman–Crippen MR) is 121 cm³/mol. The second-order valence-corrected chi connectivity index (χ2v) is 13.5. The summed E-state index contributed by atoms with van der Waals surface area (Å²) in [4.78, 5) is 0. The van der Waals surface area contributed by atoms with Crippen LogP contribution < -0.4 is 0 Å². The summed E-state index contributed by atoms with van der Waals surface area (Å²) in [5.74, 6) is -227. The fraction of sp³-hybridized carbons (Fsp3) is 1.00. The Morgan fingerprint density at radius 1 is 0.123 bits per heavy atom. The summed E-state index contributed by atoms with van der Waals surface area (Å²) < 4.78 is 664. The second kappa shape index (κ2) is 16.5. The van der Waals surface area contributed by atoms with E-state index < -0.39 is 143 Å². The molecule has 0 saturated carbocycles. The number of halogens is 49. The molecule has 0 spiro atoms. The first kappa shape index (κ1) is 69.6. The maximum Gasteiger partial charge on any atom is 0.460 e. The van der Waals surface area contributed by atoms with E-state index in [0.29, 0.717) is 0 Å². The lowest BCUT2D eigenvalue weighted by atomic mass is 9.81. The van der Waals surface area contributed by atoms with Gasteiger partial charge in [0.05, 0.1) is 0 Å². The van der Waals surface area contributed by atoms with Gasteiger partial charge in [-0.2, -0.15) is 206 Å². The van der Waals surface area contributed by atoms with Gasteiger partial charge in [-0.05, 0) is 0 Å². The topological polar surface area (TPSA) is 0 Å². The van der Waals surface area contributed by atoms with E-state index in [2.05, 4.69) is 0 Å². The van der Waals surface area contributed by atoms with E-state index in [-0.39, 0.29) is 0 Å². The van der Waals surface area contributed by atoms with Gasteiger partial charge in [-0.1, -0.05) is 0 Å². The molecule has 0 aliphatic heterocycles. The summed E-state index contributed by atoms with van der Waals surface area (Å²) in [6.45, 7) is 0. The Bertz CT molecular complexity index is 1980. The smallest absolute Gasteiger partial charge is 0.203 e. The number of alkyl halides is 49. The molecule has 0 unspecified atom stereocenters. The maximum atomic E-state index is 14.1. The van der Waals surface area contributed by atoms with Crippen molar-refractivity contribution >= 4 is 0 Å². The molecule has 0 aromatic rings. The van der Waals surface area contributed by atoms with Crippen molar-refractivity contribution in [3.63, 3.8) is 0 Å². The van der Waals surface area contributed by atoms with Crippen molar-refractivity contribution in [3.8, 4) is 0 Å². The van der Waals surface area contributed by atoms with Gasteiger partial charge in [0.15, 0.2) is 0 Å². The zero-order valence-electron chi connectivity index (χ0n) is 30.6. The molecule has 0 aliphatic carbocycles. The van der Waals surface area contributed by atoms with Crippen LogP contribution in [0.25, 0.3) is 0 Å². The quantitative estimate of drug-likeness (QED) is 0.0948. The third kappa shape index (κ3) is 7.55. The van der Waals surface area contributed by atoms with Gasteiger partial charge in [0.2, 0.25) is 0 Å². The van der Waals surface area contributed by atoms with E-state index >= 15 is 0 Å². The van der Waals surface area contributed by atoms with Crippen molar-refractivity contribution in [2.24, 2.45) is 0 Å². The van der Waals surface area contributed by atoms with Crippen molar-refractivity contribution in [3.05, 3.63) is 0 Å². The van der Waals surface area contributed by atoms with Crippen LogP contribution in [0.3, 0.4) is 0 Å². The summed E-state index contributed by atoms with van der Waals surface area (Å²) >= 11 is 0. The Balaban J connectivity index is 8.16. The molecule has 0 heterocycles. The van der Waals surface area contributed by atoms with Gasteiger partial charge in [-0.25, -0.2) is 8.78 Å². The van der Waals surface area contributed by atoms with Crippen LogP contribution in [0, 0.1) is 0 Å². The SMILES string of the molecule is FC(F)C(F)(F)C(F)(F)C(F)(F)C(F)(F)C(F)(F)C(F)(F)C(F)(F)C(F)(F)C(F)(F)C(F)(F)C(F)(F)C(F)(F)C(F)(F)C(F)(F)C(F)(F)C(F)(F)C(F)(F)C(F)(F)C(F)(F)C(F)(F)C(F)(F)C(F)(F)C(F)(F)F. The van der Waals surface area contributed by atoms with Crippen LogP contribution >= 0.6 is 0 Å². The van der Waals surface area contributed by atoms with Crippen molar-refractivity contribution < 1.29 is 215 Å². The van der Waals surface area contributed by atoms with Crippen LogP contribution in [0.2, 0.25) is 0 Å². The molecule has 0 rings (SSSR count). The number of hydrogen-bond acceptors (Lipinski definition) is 0. The third-order valence-corrected chi connectivity index (χ3v) is 8.94. The molecular weight excluding hydrogens is 1220 g/mol. The van der Waals surface area contributed by atoms with E-state index in [1.54, 1.807) is 0 Å². The summed E-state index contributed by atoms with van der Waals surface area (Å²) in [6, 6.07) is 0. The van der Waals surface area contributed by atoms with Gasteiger partial charge in [0.25, 0.3) is 0 Å². The average Bonchev–Trinajstić information content (AvgIpc) is 3.15. The van der Waals surface area contributed by atoms with E-state index in [0.717, 1.165) is 0 Å². The van der Waals surface area contributed by atoms with Crippen molar-refractivity contribution in [1.29, 1.82) is 0 Å². The lowest BCUT2D eigenvalue weighted by Gasteiger charge is -2.47. The van der Waals surface area contributed by atoms with E-state index in [1.165, 1.54) is 0 Å². The summed E-state index contributed by atoms with van der Waals surface area (Å²) in [5.41, 5.74) is 0. The Morgan fingerprint density at radius 2 is 0.205 bits per heavy atom. The Kier molecular flexibility index (Phi) is 15.8. The highest BCUT2D eigenvalue weighted by molar-refractivity contribution is 5.24. The van der Waals surface area contributed by atoms with Crippen LogP contribution in [0.1, 0.15) is 0 Å². The lowest BCUT2D eigenvalue weighted by molar-refractivity contribution is -0.498. The highest BCUT2D eigenvalue weighted by Gasteiger charge is 3.04. The molecule has 0 aromatic heterocycles. The average molecular weight is 1220 g/mol. The van der Waals surface area contributed by atoms with E-state index in [1.807, 2.05) is 0 Å². The molecule has 0 radical (unpaired) electrons. The zero-order valence-corrected chi connectivity index (χ0v) is 30.6.